The minimum Gasteiger partial charge on any atom is -0.490 e. The summed E-state index contributed by atoms with van der Waals surface area (Å²) in [5.74, 6) is 0.911. The van der Waals surface area contributed by atoms with Crippen LogP contribution < -0.4 is 4.74 Å². The molecule has 5 heteroatoms. The van der Waals surface area contributed by atoms with Crippen molar-refractivity contribution in [1.29, 1.82) is 0 Å². The van der Waals surface area contributed by atoms with E-state index in [0.717, 1.165) is 37.9 Å². The third-order valence-corrected chi connectivity index (χ3v) is 5.09. The van der Waals surface area contributed by atoms with Gasteiger partial charge in [-0.05, 0) is 57.7 Å². The number of carbonyl (C=O) groups excluding carboxylic acids is 1. The number of hydrogen-bond donors (Lipinski definition) is 0. The predicted molar refractivity (Wildman–Crippen MR) is 101 cm³/mol. The van der Waals surface area contributed by atoms with E-state index in [-0.39, 0.29) is 24.3 Å². The predicted octanol–water partition coefficient (Wildman–Crippen LogP) is 4.18. The standard InChI is InChI=1S/C21H31NO4/c1-21(2,3)26-20(23)22-16-8-9-17(22)14-19(13-16)25-18-7-5-6-15(12-18)10-11-24-4/h5-7,12,16-17,19H,8-11,13-14H2,1-4H3/t16-,17+,19+. The summed E-state index contributed by atoms with van der Waals surface area (Å²) in [6.45, 7) is 6.46. The van der Waals surface area contributed by atoms with Crippen LogP contribution in [-0.4, -0.2) is 48.5 Å². The molecule has 2 bridgehead atoms. The molecule has 5 nitrogen and oxygen atoms in total. The van der Waals surface area contributed by atoms with Gasteiger partial charge in [0, 0.05) is 32.0 Å². The van der Waals surface area contributed by atoms with Crippen molar-refractivity contribution in [3.8, 4) is 5.75 Å². The largest absolute Gasteiger partial charge is 0.490 e. The van der Waals surface area contributed by atoms with E-state index in [1.165, 1.54) is 5.56 Å². The molecule has 2 aliphatic rings. The normalized spacial score (nSPS) is 25.2. The number of piperidine rings is 1. The highest BCUT2D eigenvalue weighted by atomic mass is 16.6. The van der Waals surface area contributed by atoms with Crippen molar-refractivity contribution in [2.24, 2.45) is 0 Å². The van der Waals surface area contributed by atoms with E-state index in [2.05, 4.69) is 12.1 Å². The minimum absolute atomic E-state index is 0.156. The van der Waals surface area contributed by atoms with Gasteiger partial charge in [0.25, 0.3) is 0 Å². The van der Waals surface area contributed by atoms with Gasteiger partial charge in [0.15, 0.2) is 0 Å². The van der Waals surface area contributed by atoms with Crippen LogP contribution >= 0.6 is 0 Å². The maximum atomic E-state index is 12.5. The average Bonchev–Trinajstić information content (AvgIpc) is 2.83. The summed E-state index contributed by atoms with van der Waals surface area (Å²) in [5.41, 5.74) is 0.769. The first kappa shape index (κ1) is 19.0. The van der Waals surface area contributed by atoms with Gasteiger partial charge in [-0.2, -0.15) is 0 Å². The number of carbonyl (C=O) groups is 1. The number of ether oxygens (including phenoxy) is 3. The van der Waals surface area contributed by atoms with E-state index in [1.54, 1.807) is 7.11 Å². The third-order valence-electron chi connectivity index (χ3n) is 5.09. The first-order valence-electron chi connectivity index (χ1n) is 9.61. The van der Waals surface area contributed by atoms with Crippen LogP contribution in [0.4, 0.5) is 4.79 Å². The van der Waals surface area contributed by atoms with Gasteiger partial charge in [0.2, 0.25) is 0 Å². The molecular weight excluding hydrogens is 330 g/mol. The van der Waals surface area contributed by atoms with Gasteiger partial charge in [0.05, 0.1) is 6.61 Å². The second-order valence-electron chi connectivity index (χ2n) is 8.37. The van der Waals surface area contributed by atoms with E-state index in [4.69, 9.17) is 14.2 Å². The van der Waals surface area contributed by atoms with E-state index in [1.807, 2.05) is 37.8 Å². The van der Waals surface area contributed by atoms with Gasteiger partial charge >= 0.3 is 6.09 Å². The number of nitrogens with zero attached hydrogens (tertiary/aromatic N) is 1. The van der Waals surface area contributed by atoms with Crippen LogP contribution in [0.15, 0.2) is 24.3 Å². The van der Waals surface area contributed by atoms with Gasteiger partial charge in [0.1, 0.15) is 17.5 Å². The molecular formula is C21H31NO4. The molecule has 2 aliphatic heterocycles. The molecule has 0 N–H and O–H groups in total. The number of methoxy groups -OCH3 is 1. The van der Waals surface area contributed by atoms with Crippen LogP contribution in [0, 0.1) is 0 Å². The lowest BCUT2D eigenvalue weighted by Crippen LogP contribution is -2.50. The summed E-state index contributed by atoms with van der Waals surface area (Å²) in [6, 6.07) is 8.70. The quantitative estimate of drug-likeness (QED) is 0.789. The molecule has 26 heavy (non-hydrogen) atoms. The van der Waals surface area contributed by atoms with Gasteiger partial charge in [-0.3, -0.25) is 0 Å². The molecule has 2 saturated heterocycles. The van der Waals surface area contributed by atoms with Crippen molar-refractivity contribution in [1.82, 2.24) is 4.90 Å². The first-order chi connectivity index (χ1) is 12.4. The maximum absolute atomic E-state index is 12.5. The SMILES string of the molecule is COCCc1cccc(O[C@H]2C[C@H]3CC[C@@H](C2)N3C(=O)OC(C)(C)C)c1. The van der Waals surface area contributed by atoms with E-state index in [9.17, 15) is 4.79 Å². The number of hydrogen-bond acceptors (Lipinski definition) is 4. The Morgan fingerprint density at radius 3 is 2.50 bits per heavy atom. The molecule has 1 aromatic carbocycles. The van der Waals surface area contributed by atoms with Gasteiger partial charge in [-0.15, -0.1) is 0 Å². The number of amides is 1. The monoisotopic (exact) mass is 361 g/mol. The van der Waals surface area contributed by atoms with Crippen molar-refractivity contribution in [2.45, 2.75) is 76.7 Å². The van der Waals surface area contributed by atoms with E-state index >= 15 is 0 Å². The lowest BCUT2D eigenvalue weighted by molar-refractivity contribution is -0.00707. The molecule has 0 radical (unpaired) electrons. The van der Waals surface area contributed by atoms with Crippen molar-refractivity contribution in [2.75, 3.05) is 13.7 Å². The zero-order valence-electron chi connectivity index (χ0n) is 16.4. The Hall–Kier alpha value is -1.75. The average molecular weight is 361 g/mol. The summed E-state index contributed by atoms with van der Waals surface area (Å²) < 4.78 is 17.0. The summed E-state index contributed by atoms with van der Waals surface area (Å²) in [7, 11) is 1.72. The van der Waals surface area contributed by atoms with E-state index in [0.29, 0.717) is 6.61 Å². The van der Waals surface area contributed by atoms with Crippen molar-refractivity contribution in [3.63, 3.8) is 0 Å². The molecule has 3 rings (SSSR count). The minimum atomic E-state index is -0.452. The highest BCUT2D eigenvalue weighted by molar-refractivity contribution is 5.69. The van der Waals surface area contributed by atoms with Crippen LogP contribution in [0.2, 0.25) is 0 Å². The van der Waals surface area contributed by atoms with Crippen LogP contribution in [0.5, 0.6) is 5.75 Å². The van der Waals surface area contributed by atoms with Crippen LogP contribution in [0.1, 0.15) is 52.0 Å². The van der Waals surface area contributed by atoms with Gasteiger partial charge in [-0.1, -0.05) is 12.1 Å². The fourth-order valence-corrected chi connectivity index (χ4v) is 4.02. The molecule has 2 fully saturated rings. The van der Waals surface area contributed by atoms with Crippen LogP contribution in [0.3, 0.4) is 0 Å². The summed E-state index contributed by atoms with van der Waals surface area (Å²) in [4.78, 5) is 14.5. The van der Waals surface area contributed by atoms with E-state index < -0.39 is 5.60 Å². The summed E-state index contributed by atoms with van der Waals surface area (Å²) >= 11 is 0. The summed E-state index contributed by atoms with van der Waals surface area (Å²) in [5, 5.41) is 0. The lowest BCUT2D eigenvalue weighted by atomic mass is 10.00. The third kappa shape index (κ3) is 4.70. The fourth-order valence-electron chi connectivity index (χ4n) is 4.02. The molecule has 3 atom stereocenters. The second-order valence-corrected chi connectivity index (χ2v) is 8.37. The highest BCUT2D eigenvalue weighted by Crippen LogP contribution is 2.38. The molecule has 1 amide bonds. The Morgan fingerprint density at radius 1 is 1.19 bits per heavy atom. The Morgan fingerprint density at radius 2 is 1.88 bits per heavy atom. The topological polar surface area (TPSA) is 48.0 Å². The molecule has 2 heterocycles. The smallest absolute Gasteiger partial charge is 0.410 e. The second kappa shape index (κ2) is 7.87. The maximum Gasteiger partial charge on any atom is 0.410 e. The van der Waals surface area contributed by atoms with Crippen LogP contribution in [0.25, 0.3) is 0 Å². The lowest BCUT2D eigenvalue weighted by Gasteiger charge is -2.39. The Kier molecular flexibility index (Phi) is 5.76. The molecule has 0 aromatic heterocycles. The van der Waals surface area contributed by atoms with Crippen molar-refractivity contribution < 1.29 is 19.0 Å². The molecule has 0 unspecified atom stereocenters. The number of rotatable bonds is 5. The van der Waals surface area contributed by atoms with Crippen LogP contribution in [-0.2, 0) is 15.9 Å². The Bertz CT molecular complexity index is 611. The Labute approximate surface area is 156 Å². The molecule has 0 saturated carbocycles. The molecule has 144 valence electrons. The molecule has 0 aliphatic carbocycles. The summed E-state index contributed by atoms with van der Waals surface area (Å²) in [6.07, 6.45) is 4.69. The van der Waals surface area contributed by atoms with Crippen molar-refractivity contribution in [3.05, 3.63) is 29.8 Å². The molecule has 1 aromatic rings. The highest BCUT2D eigenvalue weighted by Gasteiger charge is 2.45. The zero-order valence-corrected chi connectivity index (χ0v) is 16.4. The number of benzene rings is 1. The molecule has 0 spiro atoms. The first-order valence-corrected chi connectivity index (χ1v) is 9.61. The fraction of sp³-hybridized carbons (Fsp3) is 0.667. The van der Waals surface area contributed by atoms with Crippen molar-refractivity contribution >= 4 is 6.09 Å². The van der Waals surface area contributed by atoms with Gasteiger partial charge < -0.3 is 19.1 Å². The zero-order chi connectivity index (χ0) is 18.7. The Balaban J connectivity index is 1.60. The van der Waals surface area contributed by atoms with Gasteiger partial charge in [-0.25, -0.2) is 4.79 Å². The number of fused-ring (bicyclic) bond motifs is 2.